The molecule has 1 heterocycles. The van der Waals surface area contributed by atoms with E-state index in [1.165, 1.54) is 49.6 Å². The minimum atomic E-state index is -1.29. The second-order valence-corrected chi connectivity index (χ2v) is 7.60. The smallest absolute Gasteiger partial charge is 0.322 e. The van der Waals surface area contributed by atoms with Crippen LogP contribution in [-0.4, -0.2) is 45.0 Å². The average molecular weight is 486 g/mol. The second-order valence-electron chi connectivity index (χ2n) is 7.19. The van der Waals surface area contributed by atoms with Gasteiger partial charge >= 0.3 is 5.97 Å². The predicted molar refractivity (Wildman–Crippen MR) is 120 cm³/mol. The lowest BCUT2D eigenvalue weighted by molar-refractivity contribution is -0.139. The Balaban J connectivity index is 1.79. The summed E-state index contributed by atoms with van der Waals surface area (Å²) in [5, 5.41) is 21.8. The number of imide groups is 1. The van der Waals surface area contributed by atoms with Crippen LogP contribution in [0.1, 0.15) is 43.6 Å². The van der Waals surface area contributed by atoms with Crippen LogP contribution in [0.2, 0.25) is 5.02 Å². The standard InChI is InChI=1S/C23H20ClN3O7/c1-13(23(32)33)26-27(21(30)16-7-8-34-12-16)22(31)18-6-5-15(10-19(18)24)20(29)25-11-14-3-2-4-17(28)9-14/h2-10,12-13,26,28H,11H2,1H3,(H,25,29)(H,32,33)/t13-/m0/s1. The van der Waals surface area contributed by atoms with Gasteiger partial charge in [-0.05, 0) is 48.9 Å². The Bertz CT molecular complexity index is 1230. The van der Waals surface area contributed by atoms with Gasteiger partial charge in [0.1, 0.15) is 18.1 Å². The van der Waals surface area contributed by atoms with Crippen molar-refractivity contribution in [3.8, 4) is 5.75 Å². The highest BCUT2D eigenvalue weighted by Gasteiger charge is 2.30. The maximum Gasteiger partial charge on any atom is 0.322 e. The number of amides is 3. The number of halogens is 1. The van der Waals surface area contributed by atoms with Crippen molar-refractivity contribution >= 4 is 35.3 Å². The Hall–Kier alpha value is -4.15. The van der Waals surface area contributed by atoms with E-state index >= 15 is 0 Å². The summed E-state index contributed by atoms with van der Waals surface area (Å²) < 4.78 is 4.86. The molecule has 3 amide bonds. The van der Waals surface area contributed by atoms with Crippen LogP contribution < -0.4 is 10.7 Å². The molecule has 0 unspecified atom stereocenters. The van der Waals surface area contributed by atoms with E-state index < -0.39 is 29.7 Å². The number of benzene rings is 2. The first-order valence-corrected chi connectivity index (χ1v) is 10.3. The third kappa shape index (κ3) is 5.80. The van der Waals surface area contributed by atoms with E-state index in [1.807, 2.05) is 0 Å². The zero-order valence-electron chi connectivity index (χ0n) is 17.8. The fourth-order valence-corrected chi connectivity index (χ4v) is 3.14. The number of nitrogens with one attached hydrogen (secondary N) is 2. The first-order valence-electron chi connectivity index (χ1n) is 9.93. The van der Waals surface area contributed by atoms with Crippen molar-refractivity contribution in [2.75, 3.05) is 0 Å². The molecular formula is C23H20ClN3O7. The SMILES string of the molecule is C[C@H](NN(C(=O)c1ccoc1)C(=O)c1ccc(C(=O)NCc2cccc(O)c2)cc1Cl)C(=O)O. The highest BCUT2D eigenvalue weighted by molar-refractivity contribution is 6.34. The van der Waals surface area contributed by atoms with Gasteiger partial charge in [0.2, 0.25) is 0 Å². The Morgan fingerprint density at radius 1 is 1.06 bits per heavy atom. The summed E-state index contributed by atoms with van der Waals surface area (Å²) in [6, 6.07) is 10.3. The van der Waals surface area contributed by atoms with Crippen molar-refractivity contribution in [1.82, 2.24) is 15.8 Å². The molecule has 0 spiro atoms. The second kappa shape index (κ2) is 10.6. The summed E-state index contributed by atoms with van der Waals surface area (Å²) in [5.41, 5.74) is 3.06. The highest BCUT2D eigenvalue weighted by atomic mass is 35.5. The number of hydrazine groups is 1. The normalized spacial score (nSPS) is 11.5. The third-order valence-electron chi connectivity index (χ3n) is 4.69. The lowest BCUT2D eigenvalue weighted by Gasteiger charge is -2.24. The quantitative estimate of drug-likeness (QED) is 0.281. The third-order valence-corrected chi connectivity index (χ3v) is 5.01. The van der Waals surface area contributed by atoms with Crippen LogP contribution in [0, 0.1) is 0 Å². The monoisotopic (exact) mass is 485 g/mol. The van der Waals surface area contributed by atoms with Crippen molar-refractivity contribution in [3.05, 3.63) is 88.3 Å². The van der Waals surface area contributed by atoms with Crippen LogP contribution in [0.4, 0.5) is 0 Å². The number of hydrogen-bond acceptors (Lipinski definition) is 7. The van der Waals surface area contributed by atoms with Gasteiger partial charge in [0, 0.05) is 12.1 Å². The maximum absolute atomic E-state index is 13.1. The van der Waals surface area contributed by atoms with Gasteiger partial charge in [0.15, 0.2) is 0 Å². The van der Waals surface area contributed by atoms with Gasteiger partial charge in [-0.25, -0.2) is 10.4 Å². The largest absolute Gasteiger partial charge is 0.508 e. The van der Waals surface area contributed by atoms with Crippen molar-refractivity contribution in [2.24, 2.45) is 0 Å². The van der Waals surface area contributed by atoms with Gasteiger partial charge in [-0.2, -0.15) is 0 Å². The molecule has 0 aliphatic heterocycles. The molecule has 0 aliphatic carbocycles. The Labute approximate surface area is 198 Å². The first kappa shape index (κ1) is 24.5. The van der Waals surface area contributed by atoms with Crippen LogP contribution in [0.15, 0.2) is 65.5 Å². The van der Waals surface area contributed by atoms with Crippen LogP contribution in [0.3, 0.4) is 0 Å². The summed E-state index contributed by atoms with van der Waals surface area (Å²) in [4.78, 5) is 49.6. The van der Waals surface area contributed by atoms with Crippen LogP contribution in [0.25, 0.3) is 0 Å². The number of carbonyl (C=O) groups is 4. The maximum atomic E-state index is 13.1. The van der Waals surface area contributed by atoms with E-state index in [4.69, 9.17) is 16.0 Å². The molecule has 0 bridgehead atoms. The lowest BCUT2D eigenvalue weighted by atomic mass is 10.1. The average Bonchev–Trinajstić information content (AvgIpc) is 3.35. The molecule has 1 atom stereocenters. The van der Waals surface area contributed by atoms with Crippen molar-refractivity contribution < 1.29 is 33.8 Å². The number of aliphatic carboxylic acids is 1. The Morgan fingerprint density at radius 2 is 1.82 bits per heavy atom. The molecule has 3 aromatic rings. The first-order chi connectivity index (χ1) is 16.2. The van der Waals surface area contributed by atoms with Gasteiger partial charge in [-0.3, -0.25) is 19.2 Å². The zero-order chi connectivity index (χ0) is 24.8. The summed E-state index contributed by atoms with van der Waals surface area (Å²) in [5.74, 6) is -3.47. The minimum Gasteiger partial charge on any atom is -0.508 e. The summed E-state index contributed by atoms with van der Waals surface area (Å²) in [7, 11) is 0. The van der Waals surface area contributed by atoms with Crippen LogP contribution >= 0.6 is 11.6 Å². The number of phenols is 1. The van der Waals surface area contributed by atoms with E-state index in [1.54, 1.807) is 12.1 Å². The number of phenolic OH excluding ortho intramolecular Hbond substituents is 1. The van der Waals surface area contributed by atoms with Gasteiger partial charge in [-0.15, -0.1) is 0 Å². The predicted octanol–water partition coefficient (Wildman–Crippen LogP) is 2.83. The van der Waals surface area contributed by atoms with Crippen molar-refractivity contribution in [2.45, 2.75) is 19.5 Å². The molecular weight excluding hydrogens is 466 g/mol. The van der Waals surface area contributed by atoms with Crippen molar-refractivity contribution in [1.29, 1.82) is 0 Å². The topological polar surface area (TPSA) is 149 Å². The Kier molecular flexibility index (Phi) is 7.67. The highest BCUT2D eigenvalue weighted by Crippen LogP contribution is 2.21. The fourth-order valence-electron chi connectivity index (χ4n) is 2.87. The van der Waals surface area contributed by atoms with Gasteiger partial charge in [0.05, 0.1) is 22.4 Å². The molecule has 10 nitrogen and oxygen atoms in total. The lowest BCUT2D eigenvalue weighted by Crippen LogP contribution is -2.53. The summed E-state index contributed by atoms with van der Waals surface area (Å²) >= 11 is 6.24. The van der Waals surface area contributed by atoms with Crippen LogP contribution in [0.5, 0.6) is 5.75 Å². The molecule has 34 heavy (non-hydrogen) atoms. The van der Waals surface area contributed by atoms with Gasteiger partial charge in [0.25, 0.3) is 17.7 Å². The minimum absolute atomic E-state index is 0.0116. The Morgan fingerprint density at radius 3 is 2.44 bits per heavy atom. The fraction of sp³-hybridized carbons (Fsp3) is 0.130. The number of rotatable bonds is 8. The zero-order valence-corrected chi connectivity index (χ0v) is 18.6. The van der Waals surface area contributed by atoms with E-state index in [0.717, 1.165) is 6.26 Å². The number of nitrogens with zero attached hydrogens (tertiary/aromatic N) is 1. The van der Waals surface area contributed by atoms with E-state index in [0.29, 0.717) is 10.6 Å². The molecule has 0 saturated heterocycles. The van der Waals surface area contributed by atoms with Gasteiger partial charge < -0.3 is 19.9 Å². The number of furan rings is 1. The molecule has 4 N–H and O–H groups in total. The van der Waals surface area contributed by atoms with E-state index in [2.05, 4.69) is 10.7 Å². The number of carboxylic acids is 1. The number of carboxylic acid groups (broad SMARTS) is 1. The number of hydrogen-bond donors (Lipinski definition) is 4. The van der Waals surface area contributed by atoms with E-state index in [9.17, 15) is 29.4 Å². The van der Waals surface area contributed by atoms with Crippen molar-refractivity contribution in [3.63, 3.8) is 0 Å². The molecule has 3 rings (SSSR count). The molecule has 11 heteroatoms. The summed E-state index contributed by atoms with van der Waals surface area (Å²) in [6.45, 7) is 1.41. The number of aromatic hydroxyl groups is 1. The molecule has 0 aliphatic rings. The molecule has 2 aromatic carbocycles. The molecule has 0 saturated carbocycles. The summed E-state index contributed by atoms with van der Waals surface area (Å²) in [6.07, 6.45) is 2.34. The molecule has 1 aromatic heterocycles. The molecule has 176 valence electrons. The van der Waals surface area contributed by atoms with Crippen LogP contribution in [-0.2, 0) is 11.3 Å². The molecule has 0 radical (unpaired) electrons. The van der Waals surface area contributed by atoms with E-state index in [-0.39, 0.29) is 34.0 Å². The number of carbonyl (C=O) groups excluding carboxylic acids is 3. The van der Waals surface area contributed by atoms with Gasteiger partial charge in [-0.1, -0.05) is 23.7 Å². The molecule has 0 fully saturated rings.